The maximum Gasteiger partial charge on any atom is 0.275 e. The number of aryl methyl sites for hydroxylation is 2. The Kier molecular flexibility index (Phi) is 4.05. The van der Waals surface area contributed by atoms with Gasteiger partial charge in [-0.1, -0.05) is 5.16 Å². The Labute approximate surface area is 151 Å². The van der Waals surface area contributed by atoms with Gasteiger partial charge in [0.1, 0.15) is 12.0 Å². The normalized spacial score (nSPS) is 19.5. The fourth-order valence-electron chi connectivity index (χ4n) is 4.14. The van der Waals surface area contributed by atoms with Crippen LogP contribution in [0.5, 0.6) is 0 Å². The first-order valence-electron chi connectivity index (χ1n) is 8.90. The molecule has 0 saturated carbocycles. The molecule has 138 valence electrons. The van der Waals surface area contributed by atoms with Gasteiger partial charge in [-0.15, -0.1) is 0 Å². The van der Waals surface area contributed by atoms with Crippen molar-refractivity contribution in [2.24, 2.45) is 0 Å². The average molecular weight is 358 g/mol. The molecule has 8 nitrogen and oxygen atoms in total. The van der Waals surface area contributed by atoms with Crippen molar-refractivity contribution in [3.63, 3.8) is 0 Å². The Bertz CT molecular complexity index is 799. The minimum atomic E-state index is -0.187. The topological polar surface area (TPSA) is 92.7 Å². The van der Waals surface area contributed by atoms with E-state index >= 15 is 0 Å². The van der Waals surface area contributed by atoms with E-state index < -0.39 is 0 Å². The maximum absolute atomic E-state index is 12.6. The second kappa shape index (κ2) is 6.26. The van der Waals surface area contributed by atoms with Crippen molar-refractivity contribution < 1.29 is 18.5 Å². The first kappa shape index (κ1) is 16.8. The minimum absolute atomic E-state index is 0.116. The summed E-state index contributed by atoms with van der Waals surface area (Å²) in [6, 6.07) is 0. The molecule has 4 rings (SSSR count). The van der Waals surface area contributed by atoms with Crippen molar-refractivity contribution >= 4 is 11.8 Å². The van der Waals surface area contributed by atoms with Gasteiger partial charge >= 0.3 is 0 Å². The molecule has 1 spiro atoms. The van der Waals surface area contributed by atoms with Gasteiger partial charge in [0, 0.05) is 30.6 Å². The summed E-state index contributed by atoms with van der Waals surface area (Å²) in [5.74, 6) is 0.812. The molecule has 2 aliphatic rings. The number of hydrogen-bond acceptors (Lipinski definition) is 6. The van der Waals surface area contributed by atoms with Crippen LogP contribution in [-0.4, -0.2) is 50.4 Å². The summed E-state index contributed by atoms with van der Waals surface area (Å²) < 4.78 is 10.2. The van der Waals surface area contributed by atoms with Gasteiger partial charge in [-0.2, -0.15) is 0 Å². The van der Waals surface area contributed by atoms with Crippen molar-refractivity contribution in [2.45, 2.75) is 51.6 Å². The number of amides is 2. The number of oxazole rings is 1. The molecule has 26 heavy (non-hydrogen) atoms. The fraction of sp³-hybridized carbons (Fsp3) is 0.556. The van der Waals surface area contributed by atoms with Crippen LogP contribution in [0, 0.1) is 13.8 Å². The van der Waals surface area contributed by atoms with Crippen LogP contribution in [0.25, 0.3) is 0 Å². The zero-order chi connectivity index (χ0) is 18.3. The molecule has 2 amide bonds. The number of nitrogens with zero attached hydrogens (tertiary/aromatic N) is 4. The Morgan fingerprint density at radius 1 is 1.27 bits per heavy atom. The van der Waals surface area contributed by atoms with Crippen LogP contribution in [0.3, 0.4) is 0 Å². The number of aromatic nitrogens is 2. The molecule has 0 N–H and O–H groups in total. The highest BCUT2D eigenvalue weighted by Gasteiger charge is 2.47. The maximum atomic E-state index is 12.6. The zero-order valence-corrected chi connectivity index (χ0v) is 15.0. The molecule has 2 saturated heterocycles. The second-order valence-electron chi connectivity index (χ2n) is 7.17. The lowest BCUT2D eigenvalue weighted by Gasteiger charge is -2.44. The molecule has 4 heterocycles. The van der Waals surface area contributed by atoms with Gasteiger partial charge in [0.25, 0.3) is 5.91 Å². The summed E-state index contributed by atoms with van der Waals surface area (Å²) in [5.41, 5.74) is 1.96. The molecule has 2 aliphatic heterocycles. The van der Waals surface area contributed by atoms with Crippen molar-refractivity contribution in [2.75, 3.05) is 13.1 Å². The summed E-state index contributed by atoms with van der Waals surface area (Å²) >= 11 is 0. The first-order valence-corrected chi connectivity index (χ1v) is 8.90. The summed E-state index contributed by atoms with van der Waals surface area (Å²) in [6.07, 6.45) is 5.56. The standard InChI is InChI=1S/C18H22N4O4/c1-12-14(13(2)26-20-12)9-22-16(23)3-4-18(22)5-7-21(8-6-18)17(24)15-10-25-11-19-15/h10-11H,3-9H2,1-2H3. The Morgan fingerprint density at radius 2 is 2.04 bits per heavy atom. The molecule has 0 aliphatic carbocycles. The van der Waals surface area contributed by atoms with Crippen molar-refractivity contribution in [1.29, 1.82) is 0 Å². The summed E-state index contributed by atoms with van der Waals surface area (Å²) in [4.78, 5) is 32.7. The van der Waals surface area contributed by atoms with E-state index in [1.54, 1.807) is 4.90 Å². The number of carbonyl (C=O) groups excluding carboxylic acids is 2. The van der Waals surface area contributed by atoms with Crippen molar-refractivity contribution in [3.8, 4) is 0 Å². The summed E-state index contributed by atoms with van der Waals surface area (Å²) in [6.45, 7) is 5.52. The first-order chi connectivity index (χ1) is 12.5. The molecule has 0 atom stereocenters. The van der Waals surface area contributed by atoms with Crippen molar-refractivity contribution in [1.82, 2.24) is 19.9 Å². The van der Waals surface area contributed by atoms with E-state index in [0.717, 1.165) is 36.3 Å². The minimum Gasteiger partial charge on any atom is -0.451 e. The number of carbonyl (C=O) groups is 2. The molecule has 0 radical (unpaired) electrons. The van der Waals surface area contributed by atoms with Gasteiger partial charge < -0.3 is 18.7 Å². The molecular formula is C18H22N4O4. The number of likely N-dealkylation sites (tertiary alicyclic amines) is 2. The van der Waals surface area contributed by atoms with Gasteiger partial charge in [0.05, 0.1) is 12.2 Å². The lowest BCUT2D eigenvalue weighted by molar-refractivity contribution is -0.133. The van der Waals surface area contributed by atoms with Gasteiger partial charge in [-0.25, -0.2) is 4.98 Å². The smallest absolute Gasteiger partial charge is 0.275 e. The quantitative estimate of drug-likeness (QED) is 0.834. The molecule has 2 aromatic heterocycles. The number of hydrogen-bond donors (Lipinski definition) is 0. The van der Waals surface area contributed by atoms with Crippen molar-refractivity contribution in [3.05, 3.63) is 35.4 Å². The second-order valence-corrected chi connectivity index (χ2v) is 7.17. The zero-order valence-electron chi connectivity index (χ0n) is 15.0. The third-order valence-electron chi connectivity index (χ3n) is 5.81. The summed E-state index contributed by atoms with van der Waals surface area (Å²) in [5, 5.41) is 4.00. The Morgan fingerprint density at radius 3 is 2.65 bits per heavy atom. The SMILES string of the molecule is Cc1noc(C)c1CN1C(=O)CCC12CCN(C(=O)c1cocn1)CC2. The van der Waals surface area contributed by atoms with Crippen LogP contribution in [0.1, 0.15) is 53.2 Å². The molecule has 2 aromatic rings. The highest BCUT2D eigenvalue weighted by Crippen LogP contribution is 2.40. The summed E-state index contributed by atoms with van der Waals surface area (Å²) in [7, 11) is 0. The van der Waals surface area contributed by atoms with Crippen LogP contribution in [0.15, 0.2) is 21.6 Å². The van der Waals surface area contributed by atoms with E-state index in [4.69, 9.17) is 8.94 Å². The monoisotopic (exact) mass is 358 g/mol. The number of rotatable bonds is 3. The molecular weight excluding hydrogens is 336 g/mol. The third-order valence-corrected chi connectivity index (χ3v) is 5.81. The van der Waals surface area contributed by atoms with Crippen LogP contribution in [-0.2, 0) is 11.3 Å². The van der Waals surface area contributed by atoms with E-state index in [0.29, 0.717) is 31.7 Å². The highest BCUT2D eigenvalue weighted by molar-refractivity contribution is 5.92. The Hall–Kier alpha value is -2.64. The van der Waals surface area contributed by atoms with E-state index in [9.17, 15) is 9.59 Å². The average Bonchev–Trinajstić information content (AvgIpc) is 3.35. The predicted molar refractivity (Wildman–Crippen MR) is 90.1 cm³/mol. The lowest BCUT2D eigenvalue weighted by Crippen LogP contribution is -2.54. The fourth-order valence-corrected chi connectivity index (χ4v) is 4.14. The van der Waals surface area contributed by atoms with E-state index in [-0.39, 0.29) is 17.4 Å². The van der Waals surface area contributed by atoms with Gasteiger partial charge in [-0.05, 0) is 33.1 Å². The van der Waals surface area contributed by atoms with E-state index in [2.05, 4.69) is 10.1 Å². The lowest BCUT2D eigenvalue weighted by atomic mass is 9.84. The largest absolute Gasteiger partial charge is 0.451 e. The molecule has 0 unspecified atom stereocenters. The van der Waals surface area contributed by atoms with E-state index in [1.807, 2.05) is 18.7 Å². The molecule has 2 fully saturated rings. The van der Waals surface area contributed by atoms with Gasteiger partial charge in [0.15, 0.2) is 12.1 Å². The van der Waals surface area contributed by atoms with E-state index in [1.165, 1.54) is 12.7 Å². The molecule has 0 bridgehead atoms. The van der Waals surface area contributed by atoms with Crippen LogP contribution in [0.4, 0.5) is 0 Å². The van der Waals surface area contributed by atoms with Crippen LogP contribution >= 0.6 is 0 Å². The Balaban J connectivity index is 1.49. The number of piperidine rings is 1. The third kappa shape index (κ3) is 2.69. The van der Waals surface area contributed by atoms with Gasteiger partial charge in [0.2, 0.25) is 5.91 Å². The molecule has 0 aromatic carbocycles. The predicted octanol–water partition coefficient (Wildman–Crippen LogP) is 2.08. The van der Waals surface area contributed by atoms with Crippen LogP contribution in [0.2, 0.25) is 0 Å². The van der Waals surface area contributed by atoms with Gasteiger partial charge in [-0.3, -0.25) is 9.59 Å². The van der Waals surface area contributed by atoms with Crippen LogP contribution < -0.4 is 0 Å². The molecule has 8 heteroatoms. The highest BCUT2D eigenvalue weighted by atomic mass is 16.5.